The van der Waals surface area contributed by atoms with Gasteiger partial charge < -0.3 is 21.5 Å². The van der Waals surface area contributed by atoms with Crippen LogP contribution < -0.4 is 21.5 Å². The number of hydrogen-bond donors (Lipinski definition) is 3. The molecule has 0 saturated carbocycles. The molecule has 9 nitrogen and oxygen atoms in total. The van der Waals surface area contributed by atoms with E-state index in [0.29, 0.717) is 35.5 Å². The van der Waals surface area contributed by atoms with Crippen molar-refractivity contribution in [1.29, 1.82) is 0 Å². The number of rotatable bonds is 4. The van der Waals surface area contributed by atoms with Gasteiger partial charge in [0.05, 0.1) is 42.0 Å². The number of nitrogens with zero attached hydrogens (tertiary/aromatic N) is 4. The second-order valence-electron chi connectivity index (χ2n) is 6.67. The molecule has 0 saturated heterocycles. The molecule has 0 spiro atoms. The van der Waals surface area contributed by atoms with E-state index in [1.165, 1.54) is 7.11 Å². The van der Waals surface area contributed by atoms with Crippen LogP contribution in [0.2, 0.25) is 0 Å². The molecule has 0 unspecified atom stereocenters. The van der Waals surface area contributed by atoms with Crippen molar-refractivity contribution in [2.45, 2.75) is 25.8 Å². The minimum atomic E-state index is -0.296. The zero-order valence-corrected chi connectivity index (χ0v) is 16.1. The number of fused-ring (bicyclic) bond motifs is 1. The average Bonchev–Trinajstić information content (AvgIpc) is 2.73. The van der Waals surface area contributed by atoms with Crippen LogP contribution in [0.5, 0.6) is 5.88 Å². The highest BCUT2D eigenvalue weighted by Gasteiger charge is 2.31. The summed E-state index contributed by atoms with van der Waals surface area (Å²) in [5.41, 5.74) is 15.8. The first-order valence-electron chi connectivity index (χ1n) is 9.23. The fourth-order valence-electron chi connectivity index (χ4n) is 3.60. The van der Waals surface area contributed by atoms with Crippen LogP contribution in [0.4, 0.5) is 11.8 Å². The number of nitrogen functional groups attached to an aromatic ring is 2. The van der Waals surface area contributed by atoms with E-state index in [2.05, 4.69) is 25.3 Å². The van der Waals surface area contributed by atoms with Gasteiger partial charge in [-0.25, -0.2) is 19.9 Å². The first-order chi connectivity index (χ1) is 14.0. The number of nitrogens with one attached hydrogen (secondary N) is 1. The Kier molecular flexibility index (Phi) is 4.71. The molecule has 9 heteroatoms. The largest absolute Gasteiger partial charge is 0.478 e. The molecule has 0 bridgehead atoms. The lowest BCUT2D eigenvalue weighted by atomic mass is 9.90. The van der Waals surface area contributed by atoms with E-state index < -0.39 is 0 Å². The zero-order chi connectivity index (χ0) is 20.5. The predicted octanol–water partition coefficient (Wildman–Crippen LogP) is 1.70. The Balaban J connectivity index is 1.78. The summed E-state index contributed by atoms with van der Waals surface area (Å²) < 4.78 is 5.20. The fourth-order valence-corrected chi connectivity index (χ4v) is 3.60. The third-order valence-electron chi connectivity index (χ3n) is 4.91. The molecular weight excluding hydrogens is 370 g/mol. The van der Waals surface area contributed by atoms with Gasteiger partial charge >= 0.3 is 0 Å². The van der Waals surface area contributed by atoms with E-state index in [1.54, 1.807) is 6.20 Å². The maximum Gasteiger partial charge on any atom is 0.257 e. The monoisotopic (exact) mass is 391 g/mol. The Bertz CT molecular complexity index is 1100. The summed E-state index contributed by atoms with van der Waals surface area (Å²) in [5.74, 6) is 0.441. The Labute approximate surface area is 167 Å². The van der Waals surface area contributed by atoms with E-state index in [1.807, 2.05) is 31.2 Å². The molecule has 0 fully saturated rings. The molecule has 148 valence electrons. The van der Waals surface area contributed by atoms with Gasteiger partial charge in [-0.05, 0) is 12.0 Å². The zero-order valence-electron chi connectivity index (χ0n) is 16.1. The Morgan fingerprint density at radius 2 is 2.00 bits per heavy atom. The number of amides is 1. The van der Waals surface area contributed by atoms with Gasteiger partial charge in [-0.1, -0.05) is 31.2 Å². The summed E-state index contributed by atoms with van der Waals surface area (Å²) in [6.45, 7) is 1.93. The fraction of sp³-hybridized carbons (Fsp3) is 0.250. The van der Waals surface area contributed by atoms with Gasteiger partial charge in [-0.15, -0.1) is 0 Å². The molecule has 3 heterocycles. The van der Waals surface area contributed by atoms with Crippen LogP contribution in [-0.2, 0) is 12.8 Å². The quantitative estimate of drug-likeness (QED) is 0.610. The van der Waals surface area contributed by atoms with Gasteiger partial charge in [-0.2, -0.15) is 0 Å². The van der Waals surface area contributed by atoms with Crippen molar-refractivity contribution in [2.24, 2.45) is 0 Å². The second-order valence-corrected chi connectivity index (χ2v) is 6.67. The number of anilines is 2. The lowest BCUT2D eigenvalue weighted by molar-refractivity contribution is 0.0922. The molecule has 29 heavy (non-hydrogen) atoms. The van der Waals surface area contributed by atoms with Gasteiger partial charge in [0, 0.05) is 12.0 Å². The number of hydrogen-bond acceptors (Lipinski definition) is 8. The van der Waals surface area contributed by atoms with E-state index in [0.717, 1.165) is 11.1 Å². The normalized spacial score (nSPS) is 15.5. The van der Waals surface area contributed by atoms with Gasteiger partial charge in [0.2, 0.25) is 5.95 Å². The molecule has 1 aliphatic rings. The summed E-state index contributed by atoms with van der Waals surface area (Å²) in [6.07, 6.45) is 2.69. The summed E-state index contributed by atoms with van der Waals surface area (Å²) in [6, 6.07) is 7.38. The topological polar surface area (TPSA) is 142 Å². The lowest BCUT2D eigenvalue weighted by Crippen LogP contribution is -2.37. The number of benzene rings is 1. The number of carbonyl (C=O) groups is 1. The van der Waals surface area contributed by atoms with Crippen molar-refractivity contribution < 1.29 is 9.53 Å². The molecule has 2 aromatic heterocycles. The second kappa shape index (κ2) is 7.34. The van der Waals surface area contributed by atoms with Crippen LogP contribution >= 0.6 is 0 Å². The van der Waals surface area contributed by atoms with Gasteiger partial charge in [0.15, 0.2) is 5.82 Å². The van der Waals surface area contributed by atoms with Gasteiger partial charge in [-0.3, -0.25) is 4.79 Å². The number of ether oxygens (including phenoxy) is 1. The molecule has 1 amide bonds. The molecule has 5 N–H and O–H groups in total. The Morgan fingerprint density at radius 1 is 1.21 bits per heavy atom. The van der Waals surface area contributed by atoms with Gasteiger partial charge in [0.1, 0.15) is 0 Å². The highest BCUT2D eigenvalue weighted by Crippen LogP contribution is 2.33. The van der Waals surface area contributed by atoms with E-state index in [-0.39, 0.29) is 29.6 Å². The minimum Gasteiger partial charge on any atom is -0.478 e. The number of nitrogens with two attached hydrogens (primary N) is 2. The van der Waals surface area contributed by atoms with Crippen molar-refractivity contribution in [1.82, 2.24) is 25.3 Å². The minimum absolute atomic E-state index is 0.177. The van der Waals surface area contributed by atoms with E-state index in [4.69, 9.17) is 16.2 Å². The number of aromatic nitrogens is 4. The van der Waals surface area contributed by atoms with Crippen LogP contribution in [-0.4, -0.2) is 33.0 Å². The molecule has 0 aliphatic carbocycles. The molecule has 1 aromatic carbocycles. The van der Waals surface area contributed by atoms with Crippen molar-refractivity contribution in [3.05, 3.63) is 53.0 Å². The van der Waals surface area contributed by atoms with Crippen LogP contribution in [0.15, 0.2) is 30.5 Å². The Hall–Kier alpha value is -3.75. The smallest absolute Gasteiger partial charge is 0.257 e. The van der Waals surface area contributed by atoms with Crippen molar-refractivity contribution >= 4 is 17.7 Å². The molecule has 1 aliphatic heterocycles. The molecular formula is C20H21N7O2. The highest BCUT2D eigenvalue weighted by atomic mass is 16.5. The van der Waals surface area contributed by atoms with Crippen LogP contribution in [0, 0.1) is 0 Å². The summed E-state index contributed by atoms with van der Waals surface area (Å²) >= 11 is 0. The van der Waals surface area contributed by atoms with Crippen molar-refractivity contribution in [2.75, 3.05) is 18.6 Å². The van der Waals surface area contributed by atoms with Crippen LogP contribution in [0.1, 0.15) is 40.3 Å². The third kappa shape index (κ3) is 3.31. The SMILES string of the molecule is CCc1nc(N)nc2c1C(=O)N[C@@H](c1ccccc1-c1cnc(N)c(OC)n1)C2. The highest BCUT2D eigenvalue weighted by molar-refractivity contribution is 5.98. The first kappa shape index (κ1) is 18.6. The van der Waals surface area contributed by atoms with Crippen molar-refractivity contribution in [3.63, 3.8) is 0 Å². The molecule has 3 aromatic rings. The van der Waals surface area contributed by atoms with Crippen molar-refractivity contribution in [3.8, 4) is 17.1 Å². The standard InChI is InChI=1S/C20H21N7O2/c1-3-12-16-14(27-20(22)26-12)8-13(24-18(16)28)10-6-4-5-7-11(10)15-9-23-17(21)19(25-15)29-2/h4-7,9,13H,3,8H2,1-2H3,(H2,21,23)(H,24,28)(H2,22,26,27)/t13-/m1/s1. The average molecular weight is 391 g/mol. The Morgan fingerprint density at radius 3 is 2.76 bits per heavy atom. The number of carbonyl (C=O) groups excluding carboxylic acids is 1. The number of methoxy groups -OCH3 is 1. The van der Waals surface area contributed by atoms with Crippen LogP contribution in [0.25, 0.3) is 11.3 Å². The first-order valence-corrected chi connectivity index (χ1v) is 9.23. The van der Waals surface area contributed by atoms with Crippen LogP contribution in [0.3, 0.4) is 0 Å². The van der Waals surface area contributed by atoms with Gasteiger partial charge in [0.25, 0.3) is 11.8 Å². The summed E-state index contributed by atoms with van der Waals surface area (Å²) in [4.78, 5) is 30.0. The van der Waals surface area contributed by atoms with E-state index >= 15 is 0 Å². The van der Waals surface area contributed by atoms with E-state index in [9.17, 15) is 4.79 Å². The molecule has 0 radical (unpaired) electrons. The molecule has 1 atom stereocenters. The summed E-state index contributed by atoms with van der Waals surface area (Å²) in [5, 5.41) is 3.07. The maximum absolute atomic E-state index is 12.9. The maximum atomic E-state index is 12.9. The third-order valence-corrected chi connectivity index (χ3v) is 4.91. The predicted molar refractivity (Wildman–Crippen MR) is 108 cm³/mol. The number of aryl methyl sites for hydroxylation is 1. The lowest BCUT2D eigenvalue weighted by Gasteiger charge is -2.28. The summed E-state index contributed by atoms with van der Waals surface area (Å²) in [7, 11) is 1.49. The molecule has 4 rings (SSSR count).